The first-order valence-electron chi connectivity index (χ1n) is 7.24. The number of ketones is 1. The highest BCUT2D eigenvalue weighted by Crippen LogP contribution is 2.32. The number of Topliss-reactive ketones (excluding diaryl/α,β-unsaturated/α-hetero) is 1. The predicted octanol–water partition coefficient (Wildman–Crippen LogP) is 3.83. The van der Waals surface area contributed by atoms with Crippen LogP contribution in [0, 0.1) is 0 Å². The van der Waals surface area contributed by atoms with Crippen LogP contribution in [0.2, 0.25) is 0 Å². The van der Waals surface area contributed by atoms with E-state index in [-0.39, 0.29) is 11.7 Å². The summed E-state index contributed by atoms with van der Waals surface area (Å²) in [6.07, 6.45) is 0. The minimum absolute atomic E-state index is 0.163. The van der Waals surface area contributed by atoms with E-state index < -0.39 is 5.38 Å². The summed E-state index contributed by atoms with van der Waals surface area (Å²) in [5.41, 5.74) is 1.66. The van der Waals surface area contributed by atoms with E-state index >= 15 is 0 Å². The average molecular weight is 348 g/mol. The Morgan fingerprint density at radius 3 is 2.25 bits per heavy atom. The molecule has 24 heavy (non-hydrogen) atoms. The van der Waals surface area contributed by atoms with Gasteiger partial charge in [-0.1, -0.05) is 12.1 Å². The molecular formula is C18H18ClNO4. The minimum atomic E-state index is -0.862. The third-order valence-corrected chi connectivity index (χ3v) is 3.88. The van der Waals surface area contributed by atoms with Gasteiger partial charge < -0.3 is 14.8 Å². The zero-order valence-corrected chi connectivity index (χ0v) is 14.4. The van der Waals surface area contributed by atoms with E-state index in [4.69, 9.17) is 21.1 Å². The molecule has 1 amide bonds. The van der Waals surface area contributed by atoms with E-state index in [0.29, 0.717) is 28.3 Å². The van der Waals surface area contributed by atoms with Gasteiger partial charge in [-0.05, 0) is 29.8 Å². The molecule has 0 aliphatic heterocycles. The molecule has 6 heteroatoms. The molecule has 0 aliphatic carbocycles. The fourth-order valence-electron chi connectivity index (χ4n) is 2.23. The highest BCUT2D eigenvalue weighted by atomic mass is 35.5. The van der Waals surface area contributed by atoms with E-state index in [9.17, 15) is 9.59 Å². The van der Waals surface area contributed by atoms with Crippen molar-refractivity contribution in [2.24, 2.45) is 0 Å². The van der Waals surface area contributed by atoms with Gasteiger partial charge in [0.25, 0.3) is 0 Å². The molecule has 0 saturated heterocycles. The predicted molar refractivity (Wildman–Crippen MR) is 93.2 cm³/mol. The molecule has 0 aromatic heterocycles. The number of amides is 1. The molecule has 0 fully saturated rings. The average Bonchev–Trinajstić information content (AvgIpc) is 2.60. The summed E-state index contributed by atoms with van der Waals surface area (Å²) in [6, 6.07) is 11.7. The molecule has 0 bridgehead atoms. The van der Waals surface area contributed by atoms with Gasteiger partial charge >= 0.3 is 0 Å². The summed E-state index contributed by atoms with van der Waals surface area (Å²) in [4.78, 5) is 23.7. The van der Waals surface area contributed by atoms with Gasteiger partial charge in [-0.3, -0.25) is 9.59 Å². The fourth-order valence-corrected chi connectivity index (χ4v) is 2.49. The first-order valence-corrected chi connectivity index (χ1v) is 7.67. The molecule has 1 atom stereocenters. The van der Waals surface area contributed by atoms with Crippen LogP contribution in [0.3, 0.4) is 0 Å². The monoisotopic (exact) mass is 347 g/mol. The maximum absolute atomic E-state index is 12.7. The van der Waals surface area contributed by atoms with Gasteiger partial charge in [-0.15, -0.1) is 11.6 Å². The molecule has 1 N–H and O–H groups in total. The van der Waals surface area contributed by atoms with Crippen molar-refractivity contribution in [2.45, 2.75) is 12.3 Å². The molecule has 0 radical (unpaired) electrons. The number of methoxy groups -OCH3 is 2. The summed E-state index contributed by atoms with van der Waals surface area (Å²) in [5, 5.41) is 1.80. The highest BCUT2D eigenvalue weighted by molar-refractivity contribution is 6.34. The summed E-state index contributed by atoms with van der Waals surface area (Å²) >= 11 is 6.33. The quantitative estimate of drug-likeness (QED) is 0.637. The van der Waals surface area contributed by atoms with Crippen LogP contribution in [0.5, 0.6) is 11.5 Å². The molecule has 0 heterocycles. The highest BCUT2D eigenvalue weighted by Gasteiger charge is 2.23. The number of benzene rings is 2. The van der Waals surface area contributed by atoms with Crippen molar-refractivity contribution < 1.29 is 19.1 Å². The van der Waals surface area contributed by atoms with E-state index in [0.717, 1.165) is 0 Å². The first-order chi connectivity index (χ1) is 11.5. The summed E-state index contributed by atoms with van der Waals surface area (Å²) < 4.78 is 10.4. The molecule has 2 aromatic rings. The summed E-state index contributed by atoms with van der Waals surface area (Å²) in [6.45, 7) is 1.43. The second kappa shape index (κ2) is 7.84. The van der Waals surface area contributed by atoms with Crippen molar-refractivity contribution in [3.05, 3.63) is 53.6 Å². The molecule has 0 spiro atoms. The number of rotatable bonds is 6. The van der Waals surface area contributed by atoms with Gasteiger partial charge in [0.1, 0.15) is 16.9 Å². The van der Waals surface area contributed by atoms with Crippen LogP contribution < -0.4 is 14.8 Å². The molecule has 2 rings (SSSR count). The molecule has 0 aliphatic rings. The van der Waals surface area contributed by atoms with Crippen LogP contribution in [-0.4, -0.2) is 25.9 Å². The number of ether oxygens (including phenoxy) is 2. The minimum Gasteiger partial charge on any atom is -0.497 e. The summed E-state index contributed by atoms with van der Waals surface area (Å²) in [7, 11) is 3.02. The van der Waals surface area contributed by atoms with E-state index in [1.54, 1.807) is 42.5 Å². The number of hydrogen-bond donors (Lipinski definition) is 1. The van der Waals surface area contributed by atoms with Crippen molar-refractivity contribution >= 4 is 29.0 Å². The number of alkyl halides is 1. The molecular weight excluding hydrogens is 330 g/mol. The second-order valence-corrected chi connectivity index (χ2v) is 5.53. The van der Waals surface area contributed by atoms with Crippen molar-refractivity contribution in [1.29, 1.82) is 0 Å². The van der Waals surface area contributed by atoms with E-state index in [1.165, 1.54) is 21.1 Å². The van der Waals surface area contributed by atoms with Crippen molar-refractivity contribution in [3.8, 4) is 11.5 Å². The third kappa shape index (κ3) is 4.06. The van der Waals surface area contributed by atoms with Gasteiger partial charge in [0, 0.05) is 18.7 Å². The van der Waals surface area contributed by atoms with Crippen LogP contribution in [0.1, 0.15) is 28.2 Å². The Balaban J connectivity index is 2.24. The second-order valence-electron chi connectivity index (χ2n) is 5.10. The number of halogens is 1. The van der Waals surface area contributed by atoms with Crippen molar-refractivity contribution in [1.82, 2.24) is 0 Å². The Morgan fingerprint density at radius 2 is 1.71 bits per heavy atom. The van der Waals surface area contributed by atoms with Gasteiger partial charge in [0.15, 0.2) is 5.78 Å². The SMILES string of the molecule is COc1ccc(C(=O)C(Cl)c2ccc(NC(C)=O)cc2)c(OC)c1. The Morgan fingerprint density at radius 1 is 1.04 bits per heavy atom. The standard InChI is InChI=1S/C18H18ClNO4/c1-11(21)20-13-6-4-12(5-7-13)17(19)18(22)15-9-8-14(23-2)10-16(15)24-3/h4-10,17H,1-3H3,(H,20,21). The fraction of sp³-hybridized carbons (Fsp3) is 0.222. The number of anilines is 1. The first kappa shape index (κ1) is 17.8. The number of carbonyl (C=O) groups is 2. The summed E-state index contributed by atoms with van der Waals surface area (Å²) in [5.74, 6) is 0.557. The Bertz CT molecular complexity index is 743. The molecule has 1 unspecified atom stereocenters. The number of nitrogens with one attached hydrogen (secondary N) is 1. The lowest BCUT2D eigenvalue weighted by Gasteiger charge is -2.13. The topological polar surface area (TPSA) is 64.6 Å². The molecule has 126 valence electrons. The van der Waals surface area contributed by atoms with E-state index in [2.05, 4.69) is 5.32 Å². The smallest absolute Gasteiger partial charge is 0.221 e. The Kier molecular flexibility index (Phi) is 5.82. The van der Waals surface area contributed by atoms with Crippen LogP contribution in [0.15, 0.2) is 42.5 Å². The maximum atomic E-state index is 12.7. The number of carbonyl (C=O) groups excluding carboxylic acids is 2. The Hall–Kier alpha value is -2.53. The van der Waals surface area contributed by atoms with Gasteiger partial charge in [0.05, 0.1) is 19.8 Å². The normalized spacial score (nSPS) is 11.5. The third-order valence-electron chi connectivity index (χ3n) is 3.43. The zero-order chi connectivity index (χ0) is 17.7. The Labute approximate surface area is 145 Å². The molecule has 0 saturated carbocycles. The van der Waals surface area contributed by atoms with Gasteiger partial charge in [-0.25, -0.2) is 0 Å². The largest absolute Gasteiger partial charge is 0.497 e. The van der Waals surface area contributed by atoms with Crippen LogP contribution in [-0.2, 0) is 4.79 Å². The van der Waals surface area contributed by atoms with Crippen LogP contribution >= 0.6 is 11.6 Å². The molecule has 5 nitrogen and oxygen atoms in total. The van der Waals surface area contributed by atoms with Gasteiger partial charge in [0.2, 0.25) is 5.91 Å². The maximum Gasteiger partial charge on any atom is 0.221 e. The van der Waals surface area contributed by atoms with Crippen LogP contribution in [0.25, 0.3) is 0 Å². The number of hydrogen-bond acceptors (Lipinski definition) is 4. The lowest BCUT2D eigenvalue weighted by molar-refractivity contribution is -0.114. The van der Waals surface area contributed by atoms with Crippen molar-refractivity contribution in [3.63, 3.8) is 0 Å². The van der Waals surface area contributed by atoms with E-state index in [1.807, 2.05) is 0 Å². The zero-order valence-electron chi connectivity index (χ0n) is 13.6. The molecule has 2 aromatic carbocycles. The van der Waals surface area contributed by atoms with Gasteiger partial charge in [-0.2, -0.15) is 0 Å². The van der Waals surface area contributed by atoms with Crippen molar-refractivity contribution in [2.75, 3.05) is 19.5 Å². The van der Waals surface area contributed by atoms with Crippen LogP contribution in [0.4, 0.5) is 5.69 Å². The lowest BCUT2D eigenvalue weighted by Crippen LogP contribution is -2.10. The lowest BCUT2D eigenvalue weighted by atomic mass is 10.0.